The number of rotatable bonds is 8. The molecule has 5 nitrogen and oxygen atoms in total. The molecular formula is C24H30F3N5S2. The maximum atomic E-state index is 12.8. The Morgan fingerprint density at radius 2 is 2.03 bits per heavy atom. The Balaban J connectivity index is 1.24. The van der Waals surface area contributed by atoms with Crippen LogP contribution in [0.5, 0.6) is 0 Å². The topological polar surface area (TPSA) is 46.3 Å². The lowest BCUT2D eigenvalue weighted by Crippen LogP contribution is -2.23. The third-order valence-electron chi connectivity index (χ3n) is 6.86. The van der Waals surface area contributed by atoms with Gasteiger partial charge in [0.15, 0.2) is 11.0 Å². The van der Waals surface area contributed by atoms with Gasteiger partial charge in [0, 0.05) is 25.6 Å². The van der Waals surface area contributed by atoms with E-state index in [0.29, 0.717) is 16.6 Å². The highest BCUT2D eigenvalue weighted by molar-refractivity contribution is 7.99. The largest absolute Gasteiger partial charge is 0.416 e. The van der Waals surface area contributed by atoms with Crippen LogP contribution in [-0.2, 0) is 13.2 Å². The number of halogens is 3. The van der Waals surface area contributed by atoms with Crippen LogP contribution in [0.2, 0.25) is 0 Å². The molecule has 1 aromatic heterocycles. The quantitative estimate of drug-likeness (QED) is 0.208. The average molecular weight is 510 g/mol. The van der Waals surface area contributed by atoms with Gasteiger partial charge < -0.3 is 9.47 Å². The minimum absolute atomic E-state index is 0.250. The van der Waals surface area contributed by atoms with Crippen LogP contribution in [0.3, 0.4) is 0 Å². The van der Waals surface area contributed by atoms with Crippen LogP contribution in [0.25, 0.3) is 4.91 Å². The number of allylic oxidation sites excluding steroid dienone is 1. The summed E-state index contributed by atoms with van der Waals surface area (Å²) in [4.78, 5) is 7.48. The number of benzene rings is 1. The smallest absolute Gasteiger partial charge is 0.305 e. The molecule has 0 radical (unpaired) electrons. The SMILES string of the molecule is CC=N/C(C)=C(\S)c1nnc(SCCCN2CC[C@]3(C[C@H]3c3ccc(C(F)(F)F)cc3)C2)n1C. The van der Waals surface area contributed by atoms with Gasteiger partial charge in [-0.3, -0.25) is 4.99 Å². The second-order valence-corrected chi connectivity index (χ2v) is 10.7. The third kappa shape index (κ3) is 5.39. The number of aromatic nitrogens is 3. The van der Waals surface area contributed by atoms with Crippen molar-refractivity contribution in [2.24, 2.45) is 17.5 Å². The molecule has 34 heavy (non-hydrogen) atoms. The van der Waals surface area contributed by atoms with Gasteiger partial charge in [0.2, 0.25) is 0 Å². The molecule has 1 saturated heterocycles. The van der Waals surface area contributed by atoms with Crippen molar-refractivity contribution in [1.82, 2.24) is 19.7 Å². The summed E-state index contributed by atoms with van der Waals surface area (Å²) in [6.45, 7) is 6.86. The first kappa shape index (κ1) is 25.3. The summed E-state index contributed by atoms with van der Waals surface area (Å²) in [6, 6.07) is 5.76. The Morgan fingerprint density at radius 3 is 2.71 bits per heavy atom. The number of hydrogen-bond donors (Lipinski definition) is 1. The molecule has 2 fully saturated rings. The number of thioether (sulfide) groups is 1. The van der Waals surface area contributed by atoms with Crippen LogP contribution >= 0.6 is 24.4 Å². The van der Waals surface area contributed by atoms with Gasteiger partial charge in [0.25, 0.3) is 0 Å². The van der Waals surface area contributed by atoms with Crippen LogP contribution in [0.1, 0.15) is 56.0 Å². The molecule has 2 atom stereocenters. The van der Waals surface area contributed by atoms with E-state index in [-0.39, 0.29) is 5.41 Å². The molecule has 1 aliphatic carbocycles. The molecule has 2 heterocycles. The zero-order chi connectivity index (χ0) is 24.5. The Bertz CT molecular complexity index is 1080. The molecule has 1 aromatic carbocycles. The van der Waals surface area contributed by atoms with E-state index >= 15 is 0 Å². The zero-order valence-corrected chi connectivity index (χ0v) is 21.4. The molecule has 0 N–H and O–H groups in total. The summed E-state index contributed by atoms with van der Waals surface area (Å²) in [7, 11) is 1.94. The van der Waals surface area contributed by atoms with Crippen molar-refractivity contribution in [3.8, 4) is 0 Å². The molecule has 1 saturated carbocycles. The highest BCUT2D eigenvalue weighted by atomic mass is 32.2. The van der Waals surface area contributed by atoms with Crippen LogP contribution in [0.15, 0.2) is 40.1 Å². The maximum absolute atomic E-state index is 12.8. The van der Waals surface area contributed by atoms with Crippen molar-refractivity contribution in [3.05, 3.63) is 46.9 Å². The van der Waals surface area contributed by atoms with E-state index in [2.05, 4.69) is 32.7 Å². The van der Waals surface area contributed by atoms with Gasteiger partial charge in [0.1, 0.15) is 0 Å². The lowest BCUT2D eigenvalue weighted by atomic mass is 9.97. The first-order chi connectivity index (χ1) is 16.1. The summed E-state index contributed by atoms with van der Waals surface area (Å²) in [6.07, 6.45) is 0.689. The molecule has 0 amide bonds. The van der Waals surface area contributed by atoms with Gasteiger partial charge in [-0.05, 0) is 75.2 Å². The highest BCUT2D eigenvalue weighted by Gasteiger charge is 2.57. The van der Waals surface area contributed by atoms with Crippen LogP contribution < -0.4 is 0 Å². The van der Waals surface area contributed by atoms with E-state index in [1.54, 1.807) is 30.1 Å². The van der Waals surface area contributed by atoms with Crippen molar-refractivity contribution < 1.29 is 13.2 Å². The molecule has 1 spiro atoms. The molecule has 1 aliphatic heterocycles. The molecule has 184 valence electrons. The van der Waals surface area contributed by atoms with Crippen molar-refractivity contribution in [1.29, 1.82) is 0 Å². The number of thiol groups is 1. The van der Waals surface area contributed by atoms with E-state index in [9.17, 15) is 13.2 Å². The average Bonchev–Trinajstić information content (AvgIpc) is 3.14. The van der Waals surface area contributed by atoms with E-state index in [4.69, 9.17) is 0 Å². The first-order valence-corrected chi connectivity index (χ1v) is 12.9. The summed E-state index contributed by atoms with van der Waals surface area (Å²) in [5.41, 5.74) is 1.52. The van der Waals surface area contributed by atoms with Crippen molar-refractivity contribution in [2.75, 3.05) is 25.4 Å². The van der Waals surface area contributed by atoms with Gasteiger partial charge >= 0.3 is 6.18 Å². The Hall–Kier alpha value is -1.78. The van der Waals surface area contributed by atoms with E-state index in [1.807, 2.05) is 25.5 Å². The molecule has 10 heteroatoms. The van der Waals surface area contributed by atoms with Gasteiger partial charge in [-0.2, -0.15) is 13.2 Å². The standard InChI is InChI=1S/C24H30F3N5S2/c1-4-28-16(2)20(33)21-29-30-22(31(21)3)34-13-5-11-32-12-10-23(15-32)14-19(23)17-6-8-18(9-7-17)24(25,26)27/h4,6-9,19,33H,5,10-15H2,1-3H3/b20-16-,28-4?/t19-,23-/m0/s1. The fraction of sp³-hybridized carbons (Fsp3) is 0.542. The number of aliphatic imine (C=N–C) groups is 1. The van der Waals surface area contributed by atoms with Crippen LogP contribution in [-0.4, -0.2) is 51.3 Å². The Kier molecular flexibility index (Phi) is 7.50. The number of alkyl halides is 3. The minimum Gasteiger partial charge on any atom is -0.305 e. The normalized spacial score (nSPS) is 23.8. The number of nitrogens with zero attached hydrogens (tertiary/aromatic N) is 5. The van der Waals surface area contributed by atoms with E-state index in [0.717, 1.165) is 61.1 Å². The Labute approximate surface area is 208 Å². The second kappa shape index (κ2) is 10.1. The minimum atomic E-state index is -4.28. The van der Waals surface area contributed by atoms with Gasteiger partial charge in [-0.25, -0.2) is 0 Å². The first-order valence-electron chi connectivity index (χ1n) is 11.5. The predicted molar refractivity (Wildman–Crippen MR) is 134 cm³/mol. The monoisotopic (exact) mass is 509 g/mol. The Morgan fingerprint density at radius 1 is 1.29 bits per heavy atom. The third-order valence-corrected chi connectivity index (χ3v) is 8.49. The van der Waals surface area contributed by atoms with E-state index in [1.165, 1.54) is 12.1 Å². The molecule has 4 rings (SSSR count). The van der Waals surface area contributed by atoms with Crippen LogP contribution in [0, 0.1) is 5.41 Å². The fourth-order valence-electron chi connectivity index (χ4n) is 4.86. The maximum Gasteiger partial charge on any atom is 0.416 e. The molecule has 2 aliphatic rings. The summed E-state index contributed by atoms with van der Waals surface area (Å²) in [5, 5.41) is 9.43. The number of hydrogen-bond acceptors (Lipinski definition) is 6. The summed E-state index contributed by atoms with van der Waals surface area (Å²) in [5.74, 6) is 2.03. The van der Waals surface area contributed by atoms with E-state index < -0.39 is 11.7 Å². The van der Waals surface area contributed by atoms with Gasteiger partial charge in [-0.1, -0.05) is 23.9 Å². The summed E-state index contributed by atoms with van der Waals surface area (Å²) >= 11 is 6.24. The number of likely N-dealkylation sites (tertiary alicyclic amines) is 1. The van der Waals surface area contributed by atoms with Crippen molar-refractivity contribution in [3.63, 3.8) is 0 Å². The van der Waals surface area contributed by atoms with Crippen molar-refractivity contribution >= 4 is 35.5 Å². The second-order valence-electron chi connectivity index (χ2n) is 9.15. The summed E-state index contributed by atoms with van der Waals surface area (Å²) < 4.78 is 40.4. The van der Waals surface area contributed by atoms with Crippen molar-refractivity contribution in [2.45, 2.75) is 50.4 Å². The molecule has 2 aromatic rings. The zero-order valence-electron chi connectivity index (χ0n) is 19.6. The molecular weight excluding hydrogens is 479 g/mol. The molecule has 0 unspecified atom stereocenters. The molecule has 0 bridgehead atoms. The lowest BCUT2D eigenvalue weighted by Gasteiger charge is -2.16. The fourth-order valence-corrected chi connectivity index (χ4v) is 5.95. The van der Waals surface area contributed by atoms with Crippen LogP contribution in [0.4, 0.5) is 13.2 Å². The lowest BCUT2D eigenvalue weighted by molar-refractivity contribution is -0.137. The van der Waals surface area contributed by atoms with Gasteiger partial charge in [-0.15, -0.1) is 22.8 Å². The predicted octanol–water partition coefficient (Wildman–Crippen LogP) is 5.90. The van der Waals surface area contributed by atoms with Gasteiger partial charge in [0.05, 0.1) is 16.2 Å². The highest BCUT2D eigenvalue weighted by Crippen LogP contribution is 2.64.